The van der Waals surface area contributed by atoms with Crippen LogP contribution in [0.25, 0.3) is 22.0 Å². The minimum Gasteiger partial charge on any atom is -0.229 e. The molecular formula is C19H14ClN3. The van der Waals surface area contributed by atoms with Crippen molar-refractivity contribution in [1.29, 1.82) is 0 Å². The van der Waals surface area contributed by atoms with Crippen molar-refractivity contribution >= 4 is 22.4 Å². The van der Waals surface area contributed by atoms with E-state index in [2.05, 4.69) is 40.6 Å². The van der Waals surface area contributed by atoms with Crippen molar-refractivity contribution in [1.82, 2.24) is 15.0 Å². The summed E-state index contributed by atoms with van der Waals surface area (Å²) in [5.41, 5.74) is 2.84. The number of hydrogen-bond acceptors (Lipinski definition) is 2. The van der Waals surface area contributed by atoms with Gasteiger partial charge in [-0.1, -0.05) is 83.5 Å². The molecule has 0 N–H and O–H groups in total. The maximum absolute atomic E-state index is 6.46. The topological polar surface area (TPSA) is 30.7 Å². The Morgan fingerprint density at radius 1 is 0.826 bits per heavy atom. The van der Waals surface area contributed by atoms with Crippen LogP contribution < -0.4 is 0 Å². The zero-order valence-corrected chi connectivity index (χ0v) is 13.1. The van der Waals surface area contributed by atoms with E-state index in [1.807, 2.05) is 42.5 Å². The second kappa shape index (κ2) is 5.86. The summed E-state index contributed by atoms with van der Waals surface area (Å²) < 4.78 is 1.73. The molecule has 1 aromatic heterocycles. The smallest absolute Gasteiger partial charge is 0.155 e. The highest BCUT2D eigenvalue weighted by Gasteiger charge is 2.12. The number of nitrogens with zero attached hydrogens (tertiary/aromatic N) is 3. The Labute approximate surface area is 139 Å². The molecule has 0 saturated heterocycles. The zero-order valence-electron chi connectivity index (χ0n) is 12.4. The molecule has 0 amide bonds. The summed E-state index contributed by atoms with van der Waals surface area (Å²) in [6.45, 7) is 0.601. The SMILES string of the molecule is Clc1c(-c2ccccc2)nnn1Cc1ccc2ccccc2c1. The van der Waals surface area contributed by atoms with Crippen LogP contribution in [-0.4, -0.2) is 15.0 Å². The highest BCUT2D eigenvalue weighted by Crippen LogP contribution is 2.26. The summed E-state index contributed by atoms with van der Waals surface area (Å²) in [5.74, 6) is 0. The van der Waals surface area contributed by atoms with Crippen LogP contribution in [0.4, 0.5) is 0 Å². The van der Waals surface area contributed by atoms with Crippen LogP contribution in [0.2, 0.25) is 5.15 Å². The van der Waals surface area contributed by atoms with Crippen molar-refractivity contribution in [3.8, 4) is 11.3 Å². The molecule has 0 spiro atoms. The number of rotatable bonds is 3. The molecule has 0 unspecified atom stereocenters. The maximum Gasteiger partial charge on any atom is 0.155 e. The van der Waals surface area contributed by atoms with Crippen molar-refractivity contribution in [3.05, 3.63) is 83.5 Å². The summed E-state index contributed by atoms with van der Waals surface area (Å²) in [4.78, 5) is 0. The fourth-order valence-corrected chi connectivity index (χ4v) is 2.93. The van der Waals surface area contributed by atoms with Gasteiger partial charge in [0.05, 0.1) is 6.54 Å². The second-order valence-electron chi connectivity index (χ2n) is 5.43. The minimum atomic E-state index is 0.560. The molecule has 112 valence electrons. The highest BCUT2D eigenvalue weighted by atomic mass is 35.5. The van der Waals surface area contributed by atoms with Crippen molar-refractivity contribution in [2.45, 2.75) is 6.54 Å². The zero-order chi connectivity index (χ0) is 15.6. The second-order valence-corrected chi connectivity index (χ2v) is 5.79. The molecule has 4 heteroatoms. The van der Waals surface area contributed by atoms with E-state index in [1.165, 1.54) is 10.8 Å². The largest absolute Gasteiger partial charge is 0.229 e. The van der Waals surface area contributed by atoms with E-state index in [4.69, 9.17) is 11.6 Å². The van der Waals surface area contributed by atoms with Gasteiger partial charge in [-0.15, -0.1) is 5.10 Å². The van der Waals surface area contributed by atoms with Crippen LogP contribution in [0.5, 0.6) is 0 Å². The molecule has 0 fully saturated rings. The first-order valence-corrected chi connectivity index (χ1v) is 7.81. The first-order valence-electron chi connectivity index (χ1n) is 7.43. The summed E-state index contributed by atoms with van der Waals surface area (Å²) in [6.07, 6.45) is 0. The van der Waals surface area contributed by atoms with Crippen molar-refractivity contribution in [3.63, 3.8) is 0 Å². The fourth-order valence-electron chi connectivity index (χ4n) is 2.69. The molecule has 0 radical (unpaired) electrons. The number of hydrogen-bond donors (Lipinski definition) is 0. The van der Waals surface area contributed by atoms with Crippen LogP contribution in [-0.2, 0) is 6.54 Å². The van der Waals surface area contributed by atoms with Crippen molar-refractivity contribution < 1.29 is 0 Å². The van der Waals surface area contributed by atoms with Crippen LogP contribution in [0.1, 0.15) is 5.56 Å². The van der Waals surface area contributed by atoms with Gasteiger partial charge >= 0.3 is 0 Å². The first-order chi connectivity index (χ1) is 11.3. The maximum atomic E-state index is 6.46. The van der Waals surface area contributed by atoms with Crippen molar-refractivity contribution in [2.24, 2.45) is 0 Å². The molecular weight excluding hydrogens is 306 g/mol. The third-order valence-corrected chi connectivity index (χ3v) is 4.24. The van der Waals surface area contributed by atoms with E-state index in [0.29, 0.717) is 17.4 Å². The Morgan fingerprint density at radius 2 is 1.57 bits per heavy atom. The van der Waals surface area contributed by atoms with Crippen LogP contribution in [0, 0.1) is 0 Å². The summed E-state index contributed by atoms with van der Waals surface area (Å²) in [6, 6.07) is 24.5. The van der Waals surface area contributed by atoms with E-state index >= 15 is 0 Å². The molecule has 0 saturated carbocycles. The fraction of sp³-hybridized carbons (Fsp3) is 0.0526. The summed E-state index contributed by atoms with van der Waals surface area (Å²) in [5, 5.41) is 11.4. The van der Waals surface area contributed by atoms with Gasteiger partial charge in [-0.05, 0) is 22.4 Å². The quantitative estimate of drug-likeness (QED) is 0.543. The summed E-state index contributed by atoms with van der Waals surface area (Å²) in [7, 11) is 0. The monoisotopic (exact) mass is 319 g/mol. The lowest BCUT2D eigenvalue weighted by Crippen LogP contribution is -2.02. The molecule has 0 atom stereocenters. The van der Waals surface area contributed by atoms with Crippen LogP contribution in [0.15, 0.2) is 72.8 Å². The Morgan fingerprint density at radius 3 is 2.39 bits per heavy atom. The van der Waals surface area contributed by atoms with Gasteiger partial charge in [0, 0.05) is 5.56 Å². The Balaban J connectivity index is 1.67. The van der Waals surface area contributed by atoms with E-state index in [9.17, 15) is 0 Å². The van der Waals surface area contributed by atoms with E-state index < -0.39 is 0 Å². The van der Waals surface area contributed by atoms with Crippen LogP contribution >= 0.6 is 11.6 Å². The van der Waals surface area contributed by atoms with E-state index in [1.54, 1.807) is 4.68 Å². The molecule has 0 aliphatic carbocycles. The molecule has 1 heterocycles. The lowest BCUT2D eigenvalue weighted by atomic mass is 10.1. The van der Waals surface area contributed by atoms with Gasteiger partial charge in [0.15, 0.2) is 5.15 Å². The minimum absolute atomic E-state index is 0.560. The molecule has 0 bridgehead atoms. The summed E-state index contributed by atoms with van der Waals surface area (Å²) >= 11 is 6.46. The highest BCUT2D eigenvalue weighted by molar-refractivity contribution is 6.32. The predicted molar refractivity (Wildman–Crippen MR) is 93.5 cm³/mol. The molecule has 4 aromatic rings. The number of benzene rings is 3. The lowest BCUT2D eigenvalue weighted by molar-refractivity contribution is 0.651. The van der Waals surface area contributed by atoms with Gasteiger partial charge in [0.25, 0.3) is 0 Å². The molecule has 23 heavy (non-hydrogen) atoms. The Kier molecular flexibility index (Phi) is 3.56. The van der Waals surface area contributed by atoms with Gasteiger partial charge in [-0.25, -0.2) is 4.68 Å². The number of aromatic nitrogens is 3. The first kappa shape index (κ1) is 14.0. The Bertz CT molecular complexity index is 961. The van der Waals surface area contributed by atoms with Crippen molar-refractivity contribution in [2.75, 3.05) is 0 Å². The van der Waals surface area contributed by atoms with Gasteiger partial charge in [0.1, 0.15) is 5.69 Å². The standard InChI is InChI=1S/C19H14ClN3/c20-19-18(16-7-2-1-3-8-16)21-22-23(19)13-14-10-11-15-6-4-5-9-17(15)12-14/h1-12H,13H2. The lowest BCUT2D eigenvalue weighted by Gasteiger charge is -2.05. The van der Waals surface area contributed by atoms with E-state index in [-0.39, 0.29) is 0 Å². The predicted octanol–water partition coefficient (Wildman–Crippen LogP) is 4.80. The normalized spacial score (nSPS) is 11.0. The number of fused-ring (bicyclic) bond motifs is 1. The molecule has 3 nitrogen and oxygen atoms in total. The molecule has 0 aliphatic heterocycles. The average molecular weight is 320 g/mol. The van der Waals surface area contributed by atoms with Gasteiger partial charge < -0.3 is 0 Å². The third-order valence-electron chi connectivity index (χ3n) is 3.87. The van der Waals surface area contributed by atoms with Gasteiger partial charge in [-0.3, -0.25) is 0 Å². The number of halogens is 1. The van der Waals surface area contributed by atoms with Crippen LogP contribution in [0.3, 0.4) is 0 Å². The Hall–Kier alpha value is -2.65. The molecule has 4 rings (SSSR count). The molecule has 0 aliphatic rings. The van der Waals surface area contributed by atoms with E-state index in [0.717, 1.165) is 11.1 Å². The average Bonchev–Trinajstić information content (AvgIpc) is 2.96. The van der Waals surface area contributed by atoms with Gasteiger partial charge in [0.2, 0.25) is 0 Å². The third kappa shape index (κ3) is 2.71. The van der Waals surface area contributed by atoms with Gasteiger partial charge in [-0.2, -0.15) is 0 Å². The molecule has 3 aromatic carbocycles.